The predicted molar refractivity (Wildman–Crippen MR) is 82.5 cm³/mol. The first-order chi connectivity index (χ1) is 8.63. The van der Waals surface area contributed by atoms with Crippen LogP contribution >= 0.6 is 23.3 Å². The Morgan fingerprint density at radius 3 is 2.78 bits per heavy atom. The summed E-state index contributed by atoms with van der Waals surface area (Å²) in [6, 6.07) is 0.588. The van der Waals surface area contributed by atoms with E-state index in [-0.39, 0.29) is 0 Å². The molecule has 0 aromatic carbocycles. The third-order valence-electron chi connectivity index (χ3n) is 3.87. The Balaban J connectivity index is 2.11. The van der Waals surface area contributed by atoms with Crippen LogP contribution in [0.25, 0.3) is 0 Å². The summed E-state index contributed by atoms with van der Waals surface area (Å²) in [6.45, 7) is 4.67. The highest BCUT2D eigenvalue weighted by Crippen LogP contribution is 2.38. The molecule has 1 saturated carbocycles. The summed E-state index contributed by atoms with van der Waals surface area (Å²) >= 11 is 3.19. The van der Waals surface area contributed by atoms with E-state index < -0.39 is 0 Å². The smallest absolute Gasteiger partial charge is 0.153 e. The molecule has 1 fully saturated rings. The molecule has 0 aliphatic heterocycles. The summed E-state index contributed by atoms with van der Waals surface area (Å²) in [4.78, 5) is 1.12. The molecule has 2 atom stereocenters. The van der Waals surface area contributed by atoms with Crippen molar-refractivity contribution in [3.05, 3.63) is 0 Å². The molecule has 0 radical (unpaired) electrons. The molecule has 0 saturated heterocycles. The Hall–Kier alpha value is -0.420. The van der Waals surface area contributed by atoms with Gasteiger partial charge in [-0.05, 0) is 42.5 Å². The van der Waals surface area contributed by atoms with Crippen LogP contribution in [0.3, 0.4) is 0 Å². The fourth-order valence-corrected chi connectivity index (χ4v) is 4.48. The lowest BCUT2D eigenvalue weighted by Crippen LogP contribution is -2.35. The monoisotopic (exact) mass is 285 g/mol. The molecule has 0 amide bonds. The minimum Gasteiger partial charge on any atom is -0.382 e. The Morgan fingerprint density at radius 1 is 1.39 bits per heavy atom. The van der Waals surface area contributed by atoms with Gasteiger partial charge in [-0.3, -0.25) is 0 Å². The number of anilines is 2. The molecule has 2 unspecified atom stereocenters. The Morgan fingerprint density at radius 2 is 2.11 bits per heavy atom. The Kier molecular flexibility index (Phi) is 4.78. The van der Waals surface area contributed by atoms with Gasteiger partial charge in [-0.1, -0.05) is 26.7 Å². The summed E-state index contributed by atoms with van der Waals surface area (Å²) in [7, 11) is 0. The predicted octanol–water partition coefficient (Wildman–Crippen LogP) is 4.07. The van der Waals surface area contributed by atoms with Gasteiger partial charge in [-0.2, -0.15) is 4.37 Å². The number of nitrogens with zero attached hydrogens (tertiary/aromatic N) is 1. The van der Waals surface area contributed by atoms with Gasteiger partial charge in [0.15, 0.2) is 5.82 Å². The van der Waals surface area contributed by atoms with Crippen LogP contribution in [0.5, 0.6) is 0 Å². The molecule has 0 spiro atoms. The van der Waals surface area contributed by atoms with Crippen molar-refractivity contribution in [1.82, 2.24) is 4.37 Å². The first-order valence-corrected chi connectivity index (χ1v) is 8.69. The second-order valence-electron chi connectivity index (χ2n) is 5.37. The fourth-order valence-electron chi connectivity index (χ4n) is 2.89. The van der Waals surface area contributed by atoms with Crippen LogP contribution in [-0.2, 0) is 0 Å². The molecule has 1 aliphatic carbocycles. The molecule has 18 heavy (non-hydrogen) atoms. The lowest BCUT2D eigenvalue weighted by molar-refractivity contribution is 0.254. The Labute approximate surface area is 118 Å². The highest BCUT2D eigenvalue weighted by Gasteiger charge is 2.28. The van der Waals surface area contributed by atoms with Gasteiger partial charge in [0.05, 0.1) is 4.90 Å². The van der Waals surface area contributed by atoms with Crippen molar-refractivity contribution in [3.63, 3.8) is 0 Å². The van der Waals surface area contributed by atoms with Gasteiger partial charge in [0.1, 0.15) is 5.00 Å². The molecule has 1 aromatic rings. The molecule has 0 bridgehead atoms. The molecular weight excluding hydrogens is 262 g/mol. The summed E-state index contributed by atoms with van der Waals surface area (Å²) in [5, 5.41) is 4.87. The van der Waals surface area contributed by atoms with Crippen LogP contribution < -0.4 is 11.1 Å². The second kappa shape index (κ2) is 6.15. The van der Waals surface area contributed by atoms with E-state index in [1.54, 1.807) is 11.8 Å². The lowest BCUT2D eigenvalue weighted by atomic mass is 9.78. The van der Waals surface area contributed by atoms with E-state index in [1.807, 2.05) is 0 Å². The molecule has 5 heteroatoms. The standard InChI is InChI=1S/C13H23N3S2/c1-8(2)9-6-4-5-7-10(9)15-13-11(17-3)12(14)16-18-13/h8-10,15H,4-7H2,1-3H3,(H2,14,16). The molecular formula is C13H23N3S2. The summed E-state index contributed by atoms with van der Waals surface area (Å²) in [6.07, 6.45) is 7.39. The number of aromatic nitrogens is 1. The van der Waals surface area contributed by atoms with E-state index in [2.05, 4.69) is 29.8 Å². The highest BCUT2D eigenvalue weighted by molar-refractivity contribution is 7.99. The molecule has 102 valence electrons. The van der Waals surface area contributed by atoms with Crippen molar-refractivity contribution in [3.8, 4) is 0 Å². The number of thioether (sulfide) groups is 1. The molecule has 1 aromatic heterocycles. The van der Waals surface area contributed by atoms with E-state index >= 15 is 0 Å². The van der Waals surface area contributed by atoms with Crippen LogP contribution in [0.15, 0.2) is 4.90 Å². The SMILES string of the molecule is CSc1c(N)nsc1NC1CCCCC1C(C)C. The molecule has 1 heterocycles. The van der Waals surface area contributed by atoms with Crippen LogP contribution in [0.4, 0.5) is 10.8 Å². The zero-order valence-corrected chi connectivity index (χ0v) is 13.0. The number of rotatable bonds is 4. The Bertz CT molecular complexity index is 390. The fraction of sp³-hybridized carbons (Fsp3) is 0.769. The molecule has 3 N–H and O–H groups in total. The minimum absolute atomic E-state index is 0.588. The zero-order valence-electron chi connectivity index (χ0n) is 11.4. The van der Waals surface area contributed by atoms with Crippen molar-refractivity contribution in [2.24, 2.45) is 11.8 Å². The van der Waals surface area contributed by atoms with Gasteiger partial charge in [0, 0.05) is 6.04 Å². The number of hydrogen-bond donors (Lipinski definition) is 2. The third kappa shape index (κ3) is 2.94. The van der Waals surface area contributed by atoms with Gasteiger partial charge in [-0.15, -0.1) is 11.8 Å². The van der Waals surface area contributed by atoms with Gasteiger partial charge < -0.3 is 11.1 Å². The topological polar surface area (TPSA) is 50.9 Å². The molecule has 3 nitrogen and oxygen atoms in total. The van der Waals surface area contributed by atoms with Crippen molar-refractivity contribution in [1.29, 1.82) is 0 Å². The normalized spacial score (nSPS) is 24.4. The highest BCUT2D eigenvalue weighted by atomic mass is 32.2. The van der Waals surface area contributed by atoms with Crippen molar-refractivity contribution in [2.75, 3.05) is 17.3 Å². The van der Waals surface area contributed by atoms with E-state index in [9.17, 15) is 0 Å². The van der Waals surface area contributed by atoms with Crippen LogP contribution in [0, 0.1) is 11.8 Å². The average molecular weight is 285 g/mol. The maximum Gasteiger partial charge on any atom is 0.153 e. The van der Waals surface area contributed by atoms with Crippen LogP contribution in [0.1, 0.15) is 39.5 Å². The molecule has 2 rings (SSSR count). The van der Waals surface area contributed by atoms with Crippen molar-refractivity contribution >= 4 is 34.1 Å². The second-order valence-corrected chi connectivity index (χ2v) is 6.96. The van der Waals surface area contributed by atoms with Gasteiger partial charge in [-0.25, -0.2) is 0 Å². The summed E-state index contributed by atoms with van der Waals surface area (Å²) in [5.74, 6) is 2.19. The van der Waals surface area contributed by atoms with Gasteiger partial charge in [0.25, 0.3) is 0 Å². The van der Waals surface area contributed by atoms with Gasteiger partial charge in [0.2, 0.25) is 0 Å². The van der Waals surface area contributed by atoms with E-state index in [1.165, 1.54) is 37.2 Å². The quantitative estimate of drug-likeness (QED) is 0.819. The minimum atomic E-state index is 0.588. The van der Waals surface area contributed by atoms with Crippen LogP contribution in [-0.4, -0.2) is 16.7 Å². The lowest BCUT2D eigenvalue weighted by Gasteiger charge is -2.35. The molecule has 1 aliphatic rings. The first kappa shape index (κ1) is 14.0. The van der Waals surface area contributed by atoms with Gasteiger partial charge >= 0.3 is 0 Å². The average Bonchev–Trinajstić information content (AvgIpc) is 2.70. The summed E-state index contributed by atoms with van der Waals surface area (Å²) < 4.78 is 4.26. The zero-order chi connectivity index (χ0) is 13.1. The van der Waals surface area contributed by atoms with Crippen LogP contribution in [0.2, 0.25) is 0 Å². The first-order valence-electron chi connectivity index (χ1n) is 6.69. The number of nitrogens with two attached hydrogens (primary N) is 1. The summed E-state index contributed by atoms with van der Waals surface area (Å²) in [5.41, 5.74) is 5.89. The van der Waals surface area contributed by atoms with Crippen molar-refractivity contribution < 1.29 is 0 Å². The number of nitrogens with one attached hydrogen (secondary N) is 1. The number of nitrogen functional groups attached to an aromatic ring is 1. The maximum absolute atomic E-state index is 5.89. The van der Waals surface area contributed by atoms with Crippen molar-refractivity contribution in [2.45, 2.75) is 50.5 Å². The number of hydrogen-bond acceptors (Lipinski definition) is 5. The van der Waals surface area contributed by atoms with E-state index in [0.29, 0.717) is 11.9 Å². The third-order valence-corrected chi connectivity index (χ3v) is 5.61. The van der Waals surface area contributed by atoms with E-state index in [0.717, 1.165) is 21.7 Å². The maximum atomic E-state index is 5.89. The van der Waals surface area contributed by atoms with E-state index in [4.69, 9.17) is 5.73 Å². The largest absolute Gasteiger partial charge is 0.382 e.